The number of benzene rings is 2. The fraction of sp³-hybridized carbons (Fsp3) is 0.222. The molecule has 3 rings (SSSR count). The Morgan fingerprint density at radius 1 is 1.07 bits per heavy atom. The Kier molecular flexibility index (Phi) is 6.09. The molecular formula is C18H18N6O5. The molecule has 2 aromatic carbocycles. The third kappa shape index (κ3) is 4.90. The number of nitro groups is 2. The summed E-state index contributed by atoms with van der Waals surface area (Å²) in [5.41, 5.74) is 3.34. The van der Waals surface area contributed by atoms with E-state index in [1.807, 2.05) is 0 Å². The molecule has 1 aliphatic heterocycles. The molecule has 0 aromatic heterocycles. The number of anilines is 1. The summed E-state index contributed by atoms with van der Waals surface area (Å²) in [6, 6.07) is 9.73. The molecule has 11 nitrogen and oxygen atoms in total. The predicted octanol–water partition coefficient (Wildman–Crippen LogP) is 1.68. The second-order valence-corrected chi connectivity index (χ2v) is 6.24. The second kappa shape index (κ2) is 8.89. The number of nitrogens with one attached hydrogen (secondary N) is 2. The van der Waals surface area contributed by atoms with Gasteiger partial charge in [-0.25, -0.2) is 5.43 Å². The first kappa shape index (κ1) is 19.9. The number of nitrogens with zero attached hydrogens (tertiary/aromatic N) is 4. The Bertz CT molecular complexity index is 971. The molecule has 1 heterocycles. The number of amides is 1. The van der Waals surface area contributed by atoms with Gasteiger partial charge in [0.1, 0.15) is 0 Å². The van der Waals surface area contributed by atoms with Crippen LogP contribution in [0, 0.1) is 20.2 Å². The number of piperazine rings is 1. The van der Waals surface area contributed by atoms with Gasteiger partial charge in [0.25, 0.3) is 17.3 Å². The van der Waals surface area contributed by atoms with Crippen molar-refractivity contribution in [2.24, 2.45) is 5.10 Å². The monoisotopic (exact) mass is 398 g/mol. The third-order valence-corrected chi connectivity index (χ3v) is 4.37. The van der Waals surface area contributed by atoms with Gasteiger partial charge in [0, 0.05) is 67.3 Å². The van der Waals surface area contributed by atoms with Crippen molar-refractivity contribution >= 4 is 29.2 Å². The van der Waals surface area contributed by atoms with Crippen molar-refractivity contribution in [3.8, 4) is 0 Å². The van der Waals surface area contributed by atoms with Gasteiger partial charge < -0.3 is 10.2 Å². The number of nitro benzene ring substituents is 2. The second-order valence-electron chi connectivity index (χ2n) is 6.24. The molecule has 150 valence electrons. The lowest BCUT2D eigenvalue weighted by atomic mass is 10.1. The first-order chi connectivity index (χ1) is 14.0. The summed E-state index contributed by atoms with van der Waals surface area (Å²) in [7, 11) is 0. The fourth-order valence-electron chi connectivity index (χ4n) is 2.94. The highest BCUT2D eigenvalue weighted by Crippen LogP contribution is 2.24. The molecule has 1 aliphatic rings. The maximum Gasteiger partial charge on any atom is 0.271 e. The number of rotatable bonds is 6. The number of non-ortho nitro benzene ring substituents is 2. The van der Waals surface area contributed by atoms with E-state index in [-0.39, 0.29) is 16.9 Å². The Morgan fingerprint density at radius 3 is 2.45 bits per heavy atom. The van der Waals surface area contributed by atoms with E-state index >= 15 is 0 Å². The Labute approximate surface area is 165 Å². The molecule has 0 bridgehead atoms. The molecule has 0 atom stereocenters. The Balaban J connectivity index is 1.80. The van der Waals surface area contributed by atoms with E-state index in [2.05, 4.69) is 20.7 Å². The summed E-state index contributed by atoms with van der Waals surface area (Å²) >= 11 is 0. The van der Waals surface area contributed by atoms with Crippen molar-refractivity contribution in [1.82, 2.24) is 10.7 Å². The first-order valence-electron chi connectivity index (χ1n) is 8.77. The van der Waals surface area contributed by atoms with Crippen molar-refractivity contribution in [2.45, 2.75) is 0 Å². The molecule has 0 saturated carbocycles. The van der Waals surface area contributed by atoms with Crippen LogP contribution in [0.25, 0.3) is 0 Å². The molecule has 1 amide bonds. The molecule has 1 saturated heterocycles. The maximum atomic E-state index is 12.2. The minimum atomic E-state index is -0.626. The van der Waals surface area contributed by atoms with Crippen LogP contribution in [-0.4, -0.2) is 48.1 Å². The van der Waals surface area contributed by atoms with Crippen LogP contribution in [0.2, 0.25) is 0 Å². The summed E-state index contributed by atoms with van der Waals surface area (Å²) in [6.45, 7) is 3.05. The normalized spacial score (nSPS) is 14.0. The van der Waals surface area contributed by atoms with Gasteiger partial charge >= 0.3 is 0 Å². The van der Waals surface area contributed by atoms with Gasteiger partial charge in [0.2, 0.25) is 0 Å². The van der Waals surface area contributed by atoms with E-state index in [1.165, 1.54) is 36.5 Å². The summed E-state index contributed by atoms with van der Waals surface area (Å²) in [5, 5.41) is 29.1. The third-order valence-electron chi connectivity index (χ3n) is 4.37. The predicted molar refractivity (Wildman–Crippen MR) is 106 cm³/mol. The van der Waals surface area contributed by atoms with Crippen molar-refractivity contribution in [3.05, 3.63) is 73.8 Å². The van der Waals surface area contributed by atoms with E-state index in [9.17, 15) is 25.0 Å². The van der Waals surface area contributed by atoms with Gasteiger partial charge in [-0.15, -0.1) is 0 Å². The van der Waals surface area contributed by atoms with Crippen LogP contribution in [0.1, 0.15) is 15.9 Å². The molecule has 0 unspecified atom stereocenters. The van der Waals surface area contributed by atoms with E-state index in [0.29, 0.717) is 5.56 Å². The van der Waals surface area contributed by atoms with Crippen molar-refractivity contribution in [2.75, 3.05) is 31.1 Å². The number of carbonyl (C=O) groups excluding carboxylic acids is 1. The van der Waals surface area contributed by atoms with E-state index in [0.717, 1.165) is 37.9 Å². The minimum Gasteiger partial charge on any atom is -0.368 e. The summed E-state index contributed by atoms with van der Waals surface area (Å²) < 4.78 is 0. The SMILES string of the molecule is O=C(N/N=C/c1cc([N+](=O)[O-])ccc1N1CCNCC1)c1cccc([N+](=O)[O-])c1. The molecule has 1 fully saturated rings. The maximum absolute atomic E-state index is 12.2. The van der Waals surface area contributed by atoms with Crippen molar-refractivity contribution in [1.29, 1.82) is 0 Å². The molecule has 0 aliphatic carbocycles. The van der Waals surface area contributed by atoms with Crippen molar-refractivity contribution < 1.29 is 14.6 Å². The molecule has 11 heteroatoms. The van der Waals surface area contributed by atoms with Crippen LogP contribution in [-0.2, 0) is 0 Å². The van der Waals surface area contributed by atoms with Crippen molar-refractivity contribution in [3.63, 3.8) is 0 Å². The van der Waals surface area contributed by atoms with Gasteiger partial charge in [0.05, 0.1) is 16.1 Å². The number of hydrogen-bond donors (Lipinski definition) is 2. The average Bonchev–Trinajstić information content (AvgIpc) is 2.74. The molecule has 29 heavy (non-hydrogen) atoms. The van der Waals surface area contributed by atoms with Crippen LogP contribution in [0.3, 0.4) is 0 Å². The zero-order chi connectivity index (χ0) is 20.8. The van der Waals surface area contributed by atoms with Crippen LogP contribution in [0.15, 0.2) is 47.6 Å². The van der Waals surface area contributed by atoms with E-state index in [1.54, 1.807) is 6.07 Å². The van der Waals surface area contributed by atoms with E-state index < -0.39 is 15.8 Å². The zero-order valence-corrected chi connectivity index (χ0v) is 15.3. The largest absolute Gasteiger partial charge is 0.368 e. The highest BCUT2D eigenvalue weighted by atomic mass is 16.6. The molecule has 0 radical (unpaired) electrons. The number of carbonyl (C=O) groups is 1. The van der Waals surface area contributed by atoms with Gasteiger partial charge in [-0.2, -0.15) is 5.10 Å². The number of hydrazone groups is 1. The quantitative estimate of drug-likeness (QED) is 0.428. The van der Waals surface area contributed by atoms with Crippen LogP contribution < -0.4 is 15.6 Å². The van der Waals surface area contributed by atoms with Crippen LogP contribution in [0.4, 0.5) is 17.1 Å². The Hall–Kier alpha value is -3.86. The fourth-order valence-corrected chi connectivity index (χ4v) is 2.94. The van der Waals surface area contributed by atoms with Gasteiger partial charge in [0.15, 0.2) is 0 Å². The highest BCUT2D eigenvalue weighted by Gasteiger charge is 2.17. The van der Waals surface area contributed by atoms with Gasteiger partial charge in [-0.05, 0) is 12.1 Å². The zero-order valence-electron chi connectivity index (χ0n) is 15.3. The van der Waals surface area contributed by atoms with Gasteiger partial charge in [-0.1, -0.05) is 6.07 Å². The summed E-state index contributed by atoms with van der Waals surface area (Å²) in [5.74, 6) is -0.626. The molecule has 0 spiro atoms. The molecular weight excluding hydrogens is 380 g/mol. The average molecular weight is 398 g/mol. The Morgan fingerprint density at radius 2 is 1.76 bits per heavy atom. The molecule has 2 aromatic rings. The lowest BCUT2D eigenvalue weighted by molar-refractivity contribution is -0.385. The van der Waals surface area contributed by atoms with Gasteiger partial charge in [-0.3, -0.25) is 25.0 Å². The smallest absolute Gasteiger partial charge is 0.271 e. The van der Waals surface area contributed by atoms with E-state index in [4.69, 9.17) is 0 Å². The first-order valence-corrected chi connectivity index (χ1v) is 8.77. The van der Waals surface area contributed by atoms with Crippen LogP contribution >= 0.6 is 0 Å². The molecule has 2 N–H and O–H groups in total. The summed E-state index contributed by atoms with van der Waals surface area (Å²) in [4.78, 5) is 35.1. The lowest BCUT2D eigenvalue weighted by Crippen LogP contribution is -2.43. The summed E-state index contributed by atoms with van der Waals surface area (Å²) in [6.07, 6.45) is 1.33. The standard InChI is InChI=1S/C18H18N6O5/c25-18(13-2-1-3-15(10-13)23(26)27)21-20-12-14-11-16(24(28)29)4-5-17(14)22-8-6-19-7-9-22/h1-5,10-12,19H,6-9H2,(H,21,25)/b20-12+. The lowest BCUT2D eigenvalue weighted by Gasteiger charge is -2.30. The van der Waals surface area contributed by atoms with Crippen LogP contribution in [0.5, 0.6) is 0 Å². The minimum absolute atomic E-state index is 0.0812. The topological polar surface area (TPSA) is 143 Å². The number of hydrogen-bond acceptors (Lipinski definition) is 8. The highest BCUT2D eigenvalue weighted by molar-refractivity contribution is 5.96.